The van der Waals surface area contributed by atoms with Crippen molar-refractivity contribution in [2.45, 2.75) is 82.2 Å². The van der Waals surface area contributed by atoms with Crippen LogP contribution in [-0.2, 0) is 4.79 Å². The van der Waals surface area contributed by atoms with Gasteiger partial charge in [-0.2, -0.15) is 0 Å². The van der Waals surface area contributed by atoms with Crippen molar-refractivity contribution in [1.29, 1.82) is 0 Å². The molecule has 54 heavy (non-hydrogen) atoms. The first-order valence-electron chi connectivity index (χ1n) is 17.6. The minimum atomic E-state index is 0.0972. The quantitative estimate of drug-likeness (QED) is 0.0483. The van der Waals surface area contributed by atoms with Crippen LogP contribution >= 0.6 is 47.0 Å². The third kappa shape index (κ3) is 16.4. The standard InChI is InChI=1S/C25H22OS3.C15H14OS.C7H12O/c1-3-4-5-18-27-21-10-12-23(13-11-21)29-25-16-14-24(15-17-25)28-22-8-6-20(7-9-22)19(2)26;1-11-5-3-4-6-15(11)17-14-9-7-13(8-10-14)12(2)16;1-4-5-6(2)7(3)8/h3,5-18H,1,4H2,2H3;3-10H,1-2H3;4-6H,1-3H3/p+1/b18-5+;;5-4-. The Kier molecular flexibility index (Phi) is 19.8. The second kappa shape index (κ2) is 24.2. The van der Waals surface area contributed by atoms with Gasteiger partial charge in [0, 0.05) is 45.7 Å². The summed E-state index contributed by atoms with van der Waals surface area (Å²) in [5.41, 5.74) is 2.89. The summed E-state index contributed by atoms with van der Waals surface area (Å²) in [7, 11) is 0. The number of hydrogen-bond donors (Lipinski definition) is 0. The van der Waals surface area contributed by atoms with E-state index in [1.807, 2.05) is 92.7 Å². The summed E-state index contributed by atoms with van der Waals surface area (Å²) in [6.07, 6.45) is 8.70. The molecule has 0 radical (unpaired) electrons. The molecule has 278 valence electrons. The molecule has 0 aromatic heterocycles. The number of allylic oxidation sites excluding steroid dienone is 4. The van der Waals surface area contributed by atoms with Crippen molar-refractivity contribution in [3.63, 3.8) is 0 Å². The molecular weight excluding hydrogens is 741 g/mol. The summed E-state index contributed by atoms with van der Waals surface area (Å²) >= 11 is 6.94. The minimum Gasteiger partial charge on any atom is -0.299 e. The van der Waals surface area contributed by atoms with Crippen LogP contribution in [0.25, 0.3) is 0 Å². The van der Waals surface area contributed by atoms with Crippen molar-refractivity contribution in [2.24, 2.45) is 5.92 Å². The summed E-state index contributed by atoms with van der Waals surface area (Å²) in [6.45, 7) is 14.5. The Balaban J connectivity index is 0.000000263. The minimum absolute atomic E-state index is 0.0972. The number of aryl methyl sites for hydroxylation is 1. The molecule has 7 heteroatoms. The van der Waals surface area contributed by atoms with Gasteiger partial charge in [0.1, 0.15) is 5.78 Å². The second-order valence-electron chi connectivity index (χ2n) is 12.1. The fraction of sp³-hybridized carbons (Fsp3) is 0.170. The lowest BCUT2D eigenvalue weighted by atomic mass is 10.1. The molecule has 1 atom stereocenters. The van der Waals surface area contributed by atoms with Gasteiger partial charge in [-0.25, -0.2) is 0 Å². The third-order valence-electron chi connectivity index (χ3n) is 7.70. The molecule has 0 heterocycles. The van der Waals surface area contributed by atoms with Gasteiger partial charge in [0.25, 0.3) is 0 Å². The maximum atomic E-state index is 11.2. The van der Waals surface area contributed by atoms with Crippen LogP contribution in [0, 0.1) is 12.8 Å². The summed E-state index contributed by atoms with van der Waals surface area (Å²) in [4.78, 5) is 39.6. The van der Waals surface area contributed by atoms with Gasteiger partial charge in [-0.15, -0.1) is 6.58 Å². The first-order valence-corrected chi connectivity index (χ1v) is 20.9. The number of hydrogen-bond acceptors (Lipinski definition) is 6. The molecule has 0 saturated carbocycles. The number of thioether (sulfide) groups is 1. The van der Waals surface area contributed by atoms with E-state index in [9.17, 15) is 14.4 Å². The Bertz CT molecular complexity index is 2000. The Morgan fingerprint density at radius 3 is 1.52 bits per heavy atom. The van der Waals surface area contributed by atoms with Crippen LogP contribution in [0.4, 0.5) is 0 Å². The highest BCUT2D eigenvalue weighted by molar-refractivity contribution is 8.02. The summed E-state index contributed by atoms with van der Waals surface area (Å²) in [5, 5.41) is 2.11. The Morgan fingerprint density at radius 2 is 1.11 bits per heavy atom. The van der Waals surface area contributed by atoms with E-state index in [1.54, 1.807) is 67.8 Å². The van der Waals surface area contributed by atoms with Gasteiger partial charge in [-0.1, -0.05) is 109 Å². The van der Waals surface area contributed by atoms with Crippen molar-refractivity contribution in [2.75, 3.05) is 0 Å². The highest BCUT2D eigenvalue weighted by atomic mass is 32.2. The average molecular weight is 790 g/mol. The van der Waals surface area contributed by atoms with Gasteiger partial charge in [-0.05, 0) is 136 Å². The molecule has 0 saturated heterocycles. The molecule has 5 rings (SSSR count). The molecule has 0 fully saturated rings. The largest absolute Gasteiger partial charge is 0.320 e. The molecule has 0 aliphatic heterocycles. The van der Waals surface area contributed by atoms with Crippen LogP contribution in [0.5, 0.6) is 0 Å². The fourth-order valence-electron chi connectivity index (χ4n) is 4.46. The van der Waals surface area contributed by atoms with Gasteiger partial charge in [0.15, 0.2) is 5.78 Å². The topological polar surface area (TPSA) is 55.5 Å². The van der Waals surface area contributed by atoms with Crippen molar-refractivity contribution in [3.05, 3.63) is 174 Å². The molecule has 0 aliphatic rings. The Labute approximate surface area is 339 Å². The second-order valence-corrected chi connectivity index (χ2v) is 16.5. The number of benzene rings is 5. The van der Waals surface area contributed by atoms with E-state index in [0.717, 1.165) is 27.3 Å². The SMILES string of the molecule is C/C=C\C(C)C(C)=O.C=CC/C=C/Sc1ccc(Sc2ccc(Sc3ccc(C(C)=[OH+])cc3)cc2)cc1.CC(=O)c1ccc(Sc2ccccc2C)cc1. The molecule has 5 aromatic carbocycles. The smallest absolute Gasteiger partial charge is 0.299 e. The molecule has 1 N–H and O–H groups in total. The zero-order valence-corrected chi connectivity index (χ0v) is 35.1. The molecule has 3 nitrogen and oxygen atoms in total. The summed E-state index contributed by atoms with van der Waals surface area (Å²) in [6, 6.07) is 41.3. The van der Waals surface area contributed by atoms with E-state index in [1.165, 1.54) is 30.0 Å². The number of Topliss-reactive ketones (excluding diaryl/α,β-unsaturated/α-hetero) is 2. The summed E-state index contributed by atoms with van der Waals surface area (Å²) < 4.78 is 0. The molecule has 0 bridgehead atoms. The Morgan fingerprint density at radius 1 is 0.667 bits per heavy atom. The molecule has 0 amide bonds. The van der Waals surface area contributed by atoms with E-state index in [0.29, 0.717) is 5.78 Å². The lowest BCUT2D eigenvalue weighted by Crippen LogP contribution is -2.01. The van der Waals surface area contributed by atoms with Crippen LogP contribution in [0.15, 0.2) is 192 Å². The van der Waals surface area contributed by atoms with Gasteiger partial charge < -0.3 is 0 Å². The average Bonchev–Trinajstić information content (AvgIpc) is 3.17. The van der Waals surface area contributed by atoms with Crippen molar-refractivity contribution in [3.8, 4) is 0 Å². The highest BCUT2D eigenvalue weighted by Gasteiger charge is 2.06. The van der Waals surface area contributed by atoms with E-state index >= 15 is 0 Å². The van der Waals surface area contributed by atoms with Gasteiger partial charge in [0.2, 0.25) is 0 Å². The summed E-state index contributed by atoms with van der Waals surface area (Å²) in [5.74, 6) is 0.777. The first-order chi connectivity index (χ1) is 26.0. The maximum absolute atomic E-state index is 11.2. The number of ketones is 3. The zero-order chi connectivity index (χ0) is 39.3. The lowest BCUT2D eigenvalue weighted by Gasteiger charge is -2.05. The van der Waals surface area contributed by atoms with Crippen LogP contribution in [0.1, 0.15) is 62.5 Å². The molecular formula is C47H49O3S4+. The monoisotopic (exact) mass is 789 g/mol. The zero-order valence-electron chi connectivity index (χ0n) is 31.8. The molecule has 0 spiro atoms. The molecule has 1 unspecified atom stereocenters. The first kappa shape index (κ1) is 44.1. The van der Waals surface area contributed by atoms with Gasteiger partial charge in [0.05, 0.1) is 12.5 Å². The number of rotatable bonds is 14. The molecule has 5 aromatic rings. The van der Waals surface area contributed by atoms with Gasteiger partial charge >= 0.3 is 5.78 Å². The van der Waals surface area contributed by atoms with E-state index in [-0.39, 0.29) is 17.5 Å². The fourth-order valence-corrected chi connectivity index (χ4v) is 7.65. The van der Waals surface area contributed by atoms with E-state index in [2.05, 4.69) is 85.7 Å². The normalized spacial score (nSPS) is 11.2. The van der Waals surface area contributed by atoms with Crippen molar-refractivity contribution in [1.82, 2.24) is 0 Å². The van der Waals surface area contributed by atoms with Crippen LogP contribution in [0.3, 0.4) is 0 Å². The van der Waals surface area contributed by atoms with Crippen molar-refractivity contribution >= 4 is 64.4 Å². The predicted octanol–water partition coefficient (Wildman–Crippen LogP) is 14.2. The van der Waals surface area contributed by atoms with Gasteiger partial charge in [-0.3, -0.25) is 14.4 Å². The van der Waals surface area contributed by atoms with E-state index in [4.69, 9.17) is 0 Å². The van der Waals surface area contributed by atoms with Crippen LogP contribution < -0.4 is 0 Å². The number of carbonyl (C=O) groups excluding carboxylic acids is 3. The van der Waals surface area contributed by atoms with Crippen molar-refractivity contribution < 1.29 is 14.4 Å². The Hall–Kier alpha value is -4.27. The van der Waals surface area contributed by atoms with Crippen LogP contribution in [-0.4, -0.2) is 22.1 Å². The lowest BCUT2D eigenvalue weighted by molar-refractivity contribution is -0.118. The number of carbonyl (C=O) groups is 2. The van der Waals surface area contributed by atoms with Crippen LogP contribution in [0.2, 0.25) is 0 Å². The predicted molar refractivity (Wildman–Crippen MR) is 236 cm³/mol. The maximum Gasteiger partial charge on any atom is 0.320 e. The van der Waals surface area contributed by atoms with E-state index < -0.39 is 0 Å². The third-order valence-corrected chi connectivity index (χ3v) is 11.8. The molecule has 0 aliphatic carbocycles. The highest BCUT2D eigenvalue weighted by Crippen LogP contribution is 2.34.